The summed E-state index contributed by atoms with van der Waals surface area (Å²) in [5.41, 5.74) is 5.73. The van der Waals surface area contributed by atoms with Crippen LogP contribution in [0.2, 0.25) is 0 Å². The van der Waals surface area contributed by atoms with Gasteiger partial charge in [0.05, 0.1) is 37.6 Å². The third-order valence-electron chi connectivity index (χ3n) is 5.88. The van der Waals surface area contributed by atoms with Gasteiger partial charge in [0.2, 0.25) is 5.91 Å². The Morgan fingerprint density at radius 1 is 1.23 bits per heavy atom. The summed E-state index contributed by atoms with van der Waals surface area (Å²) in [7, 11) is 3.01. The maximum atomic E-state index is 12.1. The molecule has 1 aromatic carbocycles. The number of allylic oxidation sites excluding steroid dienone is 2. The largest absolute Gasteiger partial charge is 0.497 e. The molecule has 0 saturated carbocycles. The van der Waals surface area contributed by atoms with Crippen LogP contribution in [-0.2, 0) is 4.79 Å². The van der Waals surface area contributed by atoms with Gasteiger partial charge in [-0.2, -0.15) is 15.8 Å². The van der Waals surface area contributed by atoms with Crippen LogP contribution in [0.25, 0.3) is 0 Å². The molecule has 0 saturated heterocycles. The zero-order valence-electron chi connectivity index (χ0n) is 17.0. The third kappa shape index (κ3) is 2.93. The van der Waals surface area contributed by atoms with Crippen LogP contribution in [0.3, 0.4) is 0 Å². The van der Waals surface area contributed by atoms with Crippen LogP contribution in [0, 0.1) is 45.3 Å². The van der Waals surface area contributed by atoms with Crippen LogP contribution < -0.4 is 15.2 Å². The zero-order chi connectivity index (χ0) is 22.1. The molecule has 1 aromatic rings. The first-order chi connectivity index (χ1) is 14.4. The van der Waals surface area contributed by atoms with Gasteiger partial charge in [-0.3, -0.25) is 4.79 Å². The molecule has 0 unspecified atom stereocenters. The molecular weight excluding hydrogens is 382 g/mol. The average molecular weight is 403 g/mol. The van der Waals surface area contributed by atoms with Gasteiger partial charge in [-0.1, -0.05) is 6.08 Å². The number of carbonyl (C=O) groups excluding carboxylic acids is 1. The predicted molar refractivity (Wildman–Crippen MR) is 107 cm³/mol. The van der Waals surface area contributed by atoms with Crippen molar-refractivity contribution in [2.45, 2.75) is 12.8 Å². The molecule has 0 spiro atoms. The minimum absolute atomic E-state index is 0.0800. The number of nitriles is 3. The monoisotopic (exact) mass is 403 g/mol. The van der Waals surface area contributed by atoms with Crippen LogP contribution in [0.4, 0.5) is 0 Å². The third-order valence-corrected chi connectivity index (χ3v) is 5.88. The van der Waals surface area contributed by atoms with Crippen LogP contribution in [0.15, 0.2) is 41.1 Å². The van der Waals surface area contributed by atoms with Crippen molar-refractivity contribution in [2.24, 2.45) is 17.1 Å². The predicted octanol–water partition coefficient (Wildman–Crippen LogP) is 1.98. The Morgan fingerprint density at radius 3 is 2.47 bits per heavy atom. The smallest absolute Gasteiger partial charge is 0.219 e. The van der Waals surface area contributed by atoms with Gasteiger partial charge in [0.25, 0.3) is 0 Å². The fraction of sp³-hybridized carbons (Fsp3) is 0.364. The summed E-state index contributed by atoms with van der Waals surface area (Å²) in [6.45, 7) is 2.03. The van der Waals surface area contributed by atoms with Crippen molar-refractivity contribution < 1.29 is 14.3 Å². The highest BCUT2D eigenvalue weighted by Crippen LogP contribution is 2.56. The number of nitrogens with two attached hydrogens (primary N) is 1. The fourth-order valence-electron chi connectivity index (χ4n) is 4.36. The van der Waals surface area contributed by atoms with Gasteiger partial charge in [-0.15, -0.1) is 0 Å². The number of amides is 1. The minimum Gasteiger partial charge on any atom is -0.497 e. The molecule has 2 aliphatic rings. The van der Waals surface area contributed by atoms with Gasteiger partial charge in [-0.05, 0) is 23.8 Å². The Bertz CT molecular complexity index is 1070. The lowest BCUT2D eigenvalue weighted by Crippen LogP contribution is -2.49. The lowest BCUT2D eigenvalue weighted by Gasteiger charge is -2.45. The Labute approximate surface area is 175 Å². The van der Waals surface area contributed by atoms with E-state index in [1.807, 2.05) is 0 Å². The minimum atomic E-state index is -1.81. The maximum absolute atomic E-state index is 12.1. The van der Waals surface area contributed by atoms with Crippen molar-refractivity contribution in [1.29, 1.82) is 15.8 Å². The molecule has 30 heavy (non-hydrogen) atoms. The van der Waals surface area contributed by atoms with E-state index >= 15 is 0 Å². The van der Waals surface area contributed by atoms with Crippen LogP contribution in [-0.4, -0.2) is 38.1 Å². The van der Waals surface area contributed by atoms with Crippen LogP contribution >= 0.6 is 0 Å². The second-order valence-electron chi connectivity index (χ2n) is 7.21. The zero-order valence-corrected chi connectivity index (χ0v) is 17.0. The summed E-state index contributed by atoms with van der Waals surface area (Å²) in [6, 6.07) is 11.3. The number of fused-ring (bicyclic) bond motifs is 1. The van der Waals surface area contributed by atoms with Crippen molar-refractivity contribution in [1.82, 2.24) is 4.90 Å². The Hall–Kier alpha value is -3.96. The molecule has 152 valence electrons. The molecule has 0 fully saturated rings. The van der Waals surface area contributed by atoms with Gasteiger partial charge in [0, 0.05) is 37.4 Å². The Balaban J connectivity index is 2.38. The number of ether oxygens (including phenoxy) is 2. The van der Waals surface area contributed by atoms with Crippen molar-refractivity contribution in [3.63, 3.8) is 0 Å². The van der Waals surface area contributed by atoms with E-state index in [1.165, 1.54) is 21.1 Å². The SMILES string of the molecule is COc1ccc(OC)c([C@@H]2[C@H]3CN(C(C)=O)CC=C3C(C#N)=C(N)C2(C#N)C#N)c1. The van der Waals surface area contributed by atoms with Gasteiger partial charge in [0.1, 0.15) is 17.6 Å². The molecule has 1 amide bonds. The number of hydrogen-bond donors (Lipinski definition) is 1. The Kier molecular flexibility index (Phi) is 5.41. The van der Waals surface area contributed by atoms with E-state index < -0.39 is 17.3 Å². The first kappa shape index (κ1) is 20.8. The van der Waals surface area contributed by atoms with E-state index in [2.05, 4.69) is 18.2 Å². The number of benzene rings is 1. The van der Waals surface area contributed by atoms with E-state index in [1.54, 1.807) is 29.2 Å². The standard InChI is InChI=1S/C22H21N5O3/c1-13(28)27-7-6-15-17(9-23)21(26)22(11-24,12-25)20(18(15)10-27)16-8-14(29-2)4-5-19(16)30-3/h4-6,8,18,20H,7,10,26H2,1-3H3/t18-,20+/m0/s1. The van der Waals surface area contributed by atoms with E-state index in [-0.39, 0.29) is 23.7 Å². The molecule has 0 bridgehead atoms. The lowest BCUT2D eigenvalue weighted by atomic mass is 9.58. The highest BCUT2D eigenvalue weighted by Gasteiger charge is 2.55. The first-order valence-corrected chi connectivity index (χ1v) is 9.29. The molecule has 8 heteroatoms. The number of hydrogen-bond acceptors (Lipinski definition) is 7. The Morgan fingerprint density at radius 2 is 1.93 bits per heavy atom. The number of nitrogens with zero attached hydrogens (tertiary/aromatic N) is 4. The van der Waals surface area contributed by atoms with E-state index in [4.69, 9.17) is 15.2 Å². The van der Waals surface area contributed by atoms with Crippen molar-refractivity contribution in [3.8, 4) is 29.7 Å². The second-order valence-corrected chi connectivity index (χ2v) is 7.21. The summed E-state index contributed by atoms with van der Waals surface area (Å²) >= 11 is 0. The van der Waals surface area contributed by atoms with Crippen molar-refractivity contribution in [2.75, 3.05) is 27.3 Å². The molecule has 1 heterocycles. The summed E-state index contributed by atoms with van der Waals surface area (Å²) in [5.74, 6) is -0.424. The number of methoxy groups -OCH3 is 2. The molecule has 8 nitrogen and oxygen atoms in total. The topological polar surface area (TPSA) is 136 Å². The van der Waals surface area contributed by atoms with E-state index in [0.717, 1.165) is 0 Å². The van der Waals surface area contributed by atoms with Gasteiger partial charge < -0.3 is 20.1 Å². The molecule has 2 N–H and O–H groups in total. The number of rotatable bonds is 3. The highest BCUT2D eigenvalue weighted by atomic mass is 16.5. The van der Waals surface area contributed by atoms with Crippen molar-refractivity contribution >= 4 is 5.91 Å². The second kappa shape index (κ2) is 7.81. The molecule has 1 aliphatic carbocycles. The summed E-state index contributed by atoms with van der Waals surface area (Å²) < 4.78 is 10.9. The molecular formula is C22H21N5O3. The summed E-state index contributed by atoms with van der Waals surface area (Å²) in [6.07, 6.45) is 1.78. The van der Waals surface area contributed by atoms with Crippen LogP contribution in [0.5, 0.6) is 11.5 Å². The fourth-order valence-corrected chi connectivity index (χ4v) is 4.36. The first-order valence-electron chi connectivity index (χ1n) is 9.29. The summed E-state index contributed by atoms with van der Waals surface area (Å²) in [4.78, 5) is 13.7. The van der Waals surface area contributed by atoms with Gasteiger partial charge in [0.15, 0.2) is 5.41 Å². The lowest BCUT2D eigenvalue weighted by molar-refractivity contribution is -0.129. The van der Waals surface area contributed by atoms with Crippen molar-refractivity contribution in [3.05, 3.63) is 46.7 Å². The van der Waals surface area contributed by atoms with Gasteiger partial charge >= 0.3 is 0 Å². The highest BCUT2D eigenvalue weighted by molar-refractivity contribution is 5.74. The number of carbonyl (C=O) groups is 1. The normalized spacial score (nSPS) is 22.0. The van der Waals surface area contributed by atoms with Gasteiger partial charge in [-0.25, -0.2) is 0 Å². The molecule has 2 atom stereocenters. The molecule has 1 aliphatic heterocycles. The maximum Gasteiger partial charge on any atom is 0.219 e. The van der Waals surface area contributed by atoms with E-state index in [0.29, 0.717) is 29.2 Å². The van der Waals surface area contributed by atoms with E-state index in [9.17, 15) is 20.6 Å². The summed E-state index contributed by atoms with van der Waals surface area (Å²) in [5, 5.41) is 30.1. The molecule has 3 rings (SSSR count). The van der Waals surface area contributed by atoms with Crippen LogP contribution in [0.1, 0.15) is 18.4 Å². The molecule has 0 aromatic heterocycles. The quantitative estimate of drug-likeness (QED) is 0.814. The average Bonchev–Trinajstić information content (AvgIpc) is 2.77. The molecule has 0 radical (unpaired) electrons.